The van der Waals surface area contributed by atoms with Crippen LogP contribution < -0.4 is 0 Å². The third kappa shape index (κ3) is 3.22. The molecule has 0 amide bonds. The minimum absolute atomic E-state index is 0.204. The molecule has 3 heterocycles. The van der Waals surface area contributed by atoms with Gasteiger partial charge in [-0.05, 0) is 50.6 Å². The lowest BCUT2D eigenvalue weighted by molar-refractivity contribution is -0.143. The van der Waals surface area contributed by atoms with Crippen molar-refractivity contribution >= 4 is 11.6 Å². The Morgan fingerprint density at radius 2 is 1.92 bits per heavy atom. The number of aryl methyl sites for hydroxylation is 1. The summed E-state index contributed by atoms with van der Waals surface area (Å²) in [5, 5.41) is 9.21. The van der Waals surface area contributed by atoms with Crippen molar-refractivity contribution in [3.05, 3.63) is 59.9 Å². The van der Waals surface area contributed by atoms with Gasteiger partial charge in [-0.3, -0.25) is 9.69 Å². The number of fused-ring (bicyclic) bond motifs is 1. The largest absolute Gasteiger partial charge is 0.481 e. The number of carbonyl (C=O) groups is 1. The maximum atomic E-state index is 11.2. The lowest BCUT2D eigenvalue weighted by Crippen LogP contribution is -2.36. The molecule has 1 aliphatic rings. The van der Waals surface area contributed by atoms with Crippen molar-refractivity contribution in [2.24, 2.45) is 5.92 Å². The molecule has 0 spiro atoms. The fourth-order valence-corrected chi connectivity index (χ4v) is 3.73. The number of aromatic nitrogens is 2. The van der Waals surface area contributed by atoms with Gasteiger partial charge in [-0.1, -0.05) is 30.3 Å². The van der Waals surface area contributed by atoms with E-state index in [0.29, 0.717) is 12.8 Å². The van der Waals surface area contributed by atoms with Gasteiger partial charge in [0.2, 0.25) is 0 Å². The summed E-state index contributed by atoms with van der Waals surface area (Å²) in [7, 11) is 0. The highest BCUT2D eigenvalue weighted by molar-refractivity contribution is 5.70. The zero-order valence-corrected chi connectivity index (χ0v) is 14.9. The van der Waals surface area contributed by atoms with Crippen LogP contribution in [-0.4, -0.2) is 38.4 Å². The van der Waals surface area contributed by atoms with E-state index < -0.39 is 5.97 Å². The molecule has 0 bridgehead atoms. The Morgan fingerprint density at radius 1 is 1.19 bits per heavy atom. The standard InChI is InChI=1S/C21H23N3O2/c1-15-7-12-24-18(14-23-10-8-17(9-11-23)21(25)26)20(22-19(24)13-15)16-5-3-2-4-6-16/h2-7,12-13,17H,8-11,14H2,1H3,(H,25,26). The monoisotopic (exact) mass is 349 g/mol. The number of pyridine rings is 1. The van der Waals surface area contributed by atoms with E-state index in [1.165, 1.54) is 11.3 Å². The Hall–Kier alpha value is -2.66. The third-order valence-electron chi connectivity index (χ3n) is 5.24. The van der Waals surface area contributed by atoms with Crippen molar-refractivity contribution in [2.45, 2.75) is 26.3 Å². The Labute approximate surface area is 152 Å². The molecule has 1 saturated heterocycles. The summed E-state index contributed by atoms with van der Waals surface area (Å²) >= 11 is 0. The smallest absolute Gasteiger partial charge is 0.306 e. The van der Waals surface area contributed by atoms with Crippen LogP contribution in [0.25, 0.3) is 16.9 Å². The molecule has 0 saturated carbocycles. The first-order valence-electron chi connectivity index (χ1n) is 9.10. The highest BCUT2D eigenvalue weighted by atomic mass is 16.4. The van der Waals surface area contributed by atoms with Crippen molar-refractivity contribution in [1.82, 2.24) is 14.3 Å². The summed E-state index contributed by atoms with van der Waals surface area (Å²) in [6, 6.07) is 14.5. The van der Waals surface area contributed by atoms with Gasteiger partial charge in [-0.25, -0.2) is 4.98 Å². The second-order valence-electron chi connectivity index (χ2n) is 7.09. The molecule has 134 valence electrons. The fourth-order valence-electron chi connectivity index (χ4n) is 3.73. The molecule has 1 aliphatic heterocycles. The van der Waals surface area contributed by atoms with E-state index in [0.717, 1.165) is 36.5 Å². The average molecular weight is 349 g/mol. The molecule has 1 fully saturated rings. The van der Waals surface area contributed by atoms with Crippen molar-refractivity contribution in [3.8, 4) is 11.3 Å². The Bertz CT molecular complexity index is 925. The van der Waals surface area contributed by atoms with Crippen molar-refractivity contribution in [1.29, 1.82) is 0 Å². The number of aliphatic carboxylic acids is 1. The first kappa shape index (κ1) is 16.8. The SMILES string of the molecule is Cc1ccn2c(CN3CCC(C(=O)O)CC3)c(-c3ccccc3)nc2c1. The molecule has 1 aromatic carbocycles. The maximum absolute atomic E-state index is 11.2. The molecule has 2 aromatic heterocycles. The van der Waals surface area contributed by atoms with E-state index in [1.807, 2.05) is 18.2 Å². The summed E-state index contributed by atoms with van der Waals surface area (Å²) in [5.41, 5.74) is 5.44. The summed E-state index contributed by atoms with van der Waals surface area (Å²) in [5.74, 6) is -0.871. The first-order chi connectivity index (χ1) is 12.6. The maximum Gasteiger partial charge on any atom is 0.306 e. The minimum Gasteiger partial charge on any atom is -0.481 e. The molecule has 4 rings (SSSR count). The summed E-state index contributed by atoms with van der Waals surface area (Å²) in [6.45, 7) is 4.47. The summed E-state index contributed by atoms with van der Waals surface area (Å²) in [4.78, 5) is 18.4. The van der Waals surface area contributed by atoms with E-state index in [-0.39, 0.29) is 5.92 Å². The van der Waals surface area contributed by atoms with Gasteiger partial charge in [0.1, 0.15) is 5.65 Å². The lowest BCUT2D eigenvalue weighted by atomic mass is 9.97. The Morgan fingerprint density at radius 3 is 2.62 bits per heavy atom. The molecule has 0 atom stereocenters. The van der Waals surface area contributed by atoms with E-state index in [9.17, 15) is 9.90 Å². The van der Waals surface area contributed by atoms with Crippen LogP contribution >= 0.6 is 0 Å². The number of carboxylic acid groups (broad SMARTS) is 1. The predicted molar refractivity (Wildman–Crippen MR) is 101 cm³/mol. The Kier molecular flexibility index (Phi) is 4.47. The van der Waals surface area contributed by atoms with Crippen LogP contribution in [0.5, 0.6) is 0 Å². The molecule has 5 nitrogen and oxygen atoms in total. The number of imidazole rings is 1. The van der Waals surface area contributed by atoms with Gasteiger partial charge in [0.05, 0.1) is 17.3 Å². The molecule has 0 unspecified atom stereocenters. The van der Waals surface area contributed by atoms with Crippen LogP contribution in [0.4, 0.5) is 0 Å². The van der Waals surface area contributed by atoms with E-state index >= 15 is 0 Å². The number of hydrogen-bond acceptors (Lipinski definition) is 3. The minimum atomic E-state index is -0.667. The van der Waals surface area contributed by atoms with Crippen LogP contribution in [0.2, 0.25) is 0 Å². The number of nitrogens with zero attached hydrogens (tertiary/aromatic N) is 3. The lowest BCUT2D eigenvalue weighted by Gasteiger charge is -2.30. The summed E-state index contributed by atoms with van der Waals surface area (Å²) < 4.78 is 2.17. The highest BCUT2D eigenvalue weighted by Gasteiger charge is 2.26. The molecule has 0 aliphatic carbocycles. The number of rotatable bonds is 4. The van der Waals surface area contributed by atoms with Crippen LogP contribution in [0, 0.1) is 12.8 Å². The molecule has 0 radical (unpaired) electrons. The van der Waals surface area contributed by atoms with E-state index in [2.05, 4.69) is 46.7 Å². The topological polar surface area (TPSA) is 57.8 Å². The molecular weight excluding hydrogens is 326 g/mol. The van der Waals surface area contributed by atoms with Crippen LogP contribution in [0.1, 0.15) is 24.1 Å². The van der Waals surface area contributed by atoms with Gasteiger partial charge in [-0.15, -0.1) is 0 Å². The number of likely N-dealkylation sites (tertiary alicyclic amines) is 1. The average Bonchev–Trinajstić information content (AvgIpc) is 3.00. The zero-order chi connectivity index (χ0) is 18.1. The second-order valence-corrected chi connectivity index (χ2v) is 7.09. The van der Waals surface area contributed by atoms with Gasteiger partial charge in [0.15, 0.2) is 0 Å². The number of hydrogen-bond donors (Lipinski definition) is 1. The van der Waals surface area contributed by atoms with Crippen molar-refractivity contribution in [2.75, 3.05) is 13.1 Å². The normalized spacial score (nSPS) is 16.2. The quantitative estimate of drug-likeness (QED) is 0.782. The van der Waals surface area contributed by atoms with E-state index in [1.54, 1.807) is 0 Å². The van der Waals surface area contributed by atoms with Crippen LogP contribution in [0.15, 0.2) is 48.7 Å². The molecular formula is C21H23N3O2. The zero-order valence-electron chi connectivity index (χ0n) is 14.9. The number of piperidine rings is 1. The van der Waals surface area contributed by atoms with Crippen LogP contribution in [-0.2, 0) is 11.3 Å². The molecule has 1 N–H and O–H groups in total. The van der Waals surface area contributed by atoms with Crippen molar-refractivity contribution < 1.29 is 9.90 Å². The van der Waals surface area contributed by atoms with Gasteiger partial charge < -0.3 is 9.51 Å². The Balaban J connectivity index is 1.68. The first-order valence-corrected chi connectivity index (χ1v) is 9.10. The third-order valence-corrected chi connectivity index (χ3v) is 5.24. The van der Waals surface area contributed by atoms with Gasteiger partial charge in [-0.2, -0.15) is 0 Å². The van der Waals surface area contributed by atoms with Crippen LogP contribution in [0.3, 0.4) is 0 Å². The van der Waals surface area contributed by atoms with Crippen molar-refractivity contribution in [3.63, 3.8) is 0 Å². The number of benzene rings is 1. The van der Waals surface area contributed by atoms with E-state index in [4.69, 9.17) is 4.98 Å². The fraction of sp³-hybridized carbons (Fsp3) is 0.333. The highest BCUT2D eigenvalue weighted by Crippen LogP contribution is 2.27. The van der Waals surface area contributed by atoms with Gasteiger partial charge >= 0.3 is 5.97 Å². The summed E-state index contributed by atoms with van der Waals surface area (Å²) in [6.07, 6.45) is 3.52. The predicted octanol–water partition coefficient (Wildman–Crippen LogP) is 3.61. The molecule has 3 aromatic rings. The second kappa shape index (κ2) is 6.92. The van der Waals surface area contributed by atoms with Gasteiger partial charge in [0.25, 0.3) is 0 Å². The molecule has 5 heteroatoms. The number of carboxylic acids is 1. The van der Waals surface area contributed by atoms with Gasteiger partial charge in [0, 0.05) is 18.3 Å². The molecule has 26 heavy (non-hydrogen) atoms.